The lowest BCUT2D eigenvalue weighted by molar-refractivity contribution is -0.137. The Hall–Kier alpha value is -1.76. The van der Waals surface area contributed by atoms with Gasteiger partial charge in [0.05, 0.1) is 17.7 Å². The Morgan fingerprint density at radius 2 is 1.95 bits per heavy atom. The van der Waals surface area contributed by atoms with Gasteiger partial charge in [-0.3, -0.25) is 0 Å². The zero-order valence-corrected chi connectivity index (χ0v) is 11.3. The van der Waals surface area contributed by atoms with E-state index in [4.69, 9.17) is 0 Å². The molecule has 1 aromatic carbocycles. The number of aliphatic hydroxyl groups is 1. The molecule has 7 heteroatoms. The van der Waals surface area contributed by atoms with Crippen LogP contribution < -0.4 is 10.6 Å². The van der Waals surface area contributed by atoms with Crippen LogP contribution in [-0.4, -0.2) is 23.3 Å². The van der Waals surface area contributed by atoms with Gasteiger partial charge in [-0.05, 0) is 31.0 Å². The molecule has 0 spiro atoms. The van der Waals surface area contributed by atoms with Crippen molar-refractivity contribution in [2.45, 2.75) is 44.0 Å². The molecule has 0 aliphatic heterocycles. The van der Waals surface area contributed by atoms with E-state index in [9.17, 15) is 23.1 Å². The quantitative estimate of drug-likeness (QED) is 0.786. The molecular weight excluding hydrogens is 285 g/mol. The van der Waals surface area contributed by atoms with E-state index in [2.05, 4.69) is 10.6 Å². The molecule has 3 N–H and O–H groups in total. The topological polar surface area (TPSA) is 61.4 Å². The van der Waals surface area contributed by atoms with E-state index in [0.29, 0.717) is 12.8 Å². The third-order valence-electron chi connectivity index (χ3n) is 3.49. The highest BCUT2D eigenvalue weighted by atomic mass is 19.4. The molecular formula is C14H17F3N2O2. The molecule has 116 valence electrons. The number of urea groups is 1. The molecule has 1 aromatic rings. The molecule has 0 saturated heterocycles. The highest BCUT2D eigenvalue weighted by Gasteiger charge is 2.30. The Balaban J connectivity index is 1.96. The highest BCUT2D eigenvalue weighted by Crippen LogP contribution is 2.30. The lowest BCUT2D eigenvalue weighted by Gasteiger charge is -2.28. The molecule has 0 bridgehead atoms. The van der Waals surface area contributed by atoms with Crippen LogP contribution in [0.5, 0.6) is 0 Å². The van der Waals surface area contributed by atoms with Gasteiger partial charge in [-0.15, -0.1) is 0 Å². The average Bonchev–Trinajstić information content (AvgIpc) is 2.41. The van der Waals surface area contributed by atoms with Crippen molar-refractivity contribution < 1.29 is 23.1 Å². The number of hydrogen-bond acceptors (Lipinski definition) is 2. The Bertz CT molecular complexity index is 505. The SMILES string of the molecule is O=C(Nc1cccc(C(F)(F)F)c1)N[C@H]1CCCC[C@H]1O. The maximum Gasteiger partial charge on any atom is 0.416 e. The fraction of sp³-hybridized carbons (Fsp3) is 0.500. The van der Waals surface area contributed by atoms with E-state index < -0.39 is 23.9 Å². The van der Waals surface area contributed by atoms with Crippen LogP contribution in [0.25, 0.3) is 0 Å². The van der Waals surface area contributed by atoms with Crippen LogP contribution in [0.1, 0.15) is 31.2 Å². The van der Waals surface area contributed by atoms with Gasteiger partial charge in [0.25, 0.3) is 0 Å². The number of carbonyl (C=O) groups excluding carboxylic acids is 1. The number of aliphatic hydroxyl groups excluding tert-OH is 1. The molecule has 1 fully saturated rings. The summed E-state index contributed by atoms with van der Waals surface area (Å²) in [5.41, 5.74) is -0.759. The van der Waals surface area contributed by atoms with Crippen molar-refractivity contribution in [2.24, 2.45) is 0 Å². The maximum atomic E-state index is 12.6. The van der Waals surface area contributed by atoms with Gasteiger partial charge in [-0.25, -0.2) is 4.79 Å². The number of nitrogens with one attached hydrogen (secondary N) is 2. The molecule has 1 aliphatic carbocycles. The zero-order chi connectivity index (χ0) is 15.5. The van der Waals surface area contributed by atoms with Crippen molar-refractivity contribution in [1.29, 1.82) is 0 Å². The lowest BCUT2D eigenvalue weighted by Crippen LogP contribution is -2.46. The van der Waals surface area contributed by atoms with Gasteiger partial charge in [-0.1, -0.05) is 18.9 Å². The smallest absolute Gasteiger partial charge is 0.391 e. The van der Waals surface area contributed by atoms with Crippen LogP contribution in [0.2, 0.25) is 0 Å². The number of hydrogen-bond donors (Lipinski definition) is 3. The first-order valence-electron chi connectivity index (χ1n) is 6.79. The first kappa shape index (κ1) is 15.6. The molecule has 0 aromatic heterocycles. The Morgan fingerprint density at radius 3 is 2.62 bits per heavy atom. The Morgan fingerprint density at radius 1 is 1.24 bits per heavy atom. The van der Waals surface area contributed by atoms with Gasteiger partial charge in [0.1, 0.15) is 0 Å². The highest BCUT2D eigenvalue weighted by molar-refractivity contribution is 5.89. The molecule has 0 heterocycles. The van der Waals surface area contributed by atoms with Gasteiger partial charge < -0.3 is 15.7 Å². The number of alkyl halides is 3. The molecule has 2 rings (SSSR count). The van der Waals surface area contributed by atoms with Crippen molar-refractivity contribution in [3.63, 3.8) is 0 Å². The minimum absolute atomic E-state index is 0.0626. The number of rotatable bonds is 2. The predicted molar refractivity (Wildman–Crippen MR) is 71.9 cm³/mol. The first-order valence-corrected chi connectivity index (χ1v) is 6.79. The van der Waals surface area contributed by atoms with Crippen LogP contribution in [0.4, 0.5) is 23.7 Å². The van der Waals surface area contributed by atoms with Gasteiger partial charge in [0.15, 0.2) is 0 Å². The fourth-order valence-electron chi connectivity index (χ4n) is 2.39. The third kappa shape index (κ3) is 4.35. The first-order chi connectivity index (χ1) is 9.86. The summed E-state index contributed by atoms with van der Waals surface area (Å²) in [6.45, 7) is 0. The van der Waals surface area contributed by atoms with Crippen molar-refractivity contribution in [2.75, 3.05) is 5.32 Å². The predicted octanol–water partition coefficient (Wildman–Crippen LogP) is 3.13. The summed E-state index contributed by atoms with van der Waals surface area (Å²) in [7, 11) is 0. The number of benzene rings is 1. The Kier molecular flexibility index (Phi) is 4.72. The monoisotopic (exact) mass is 302 g/mol. The number of halogens is 3. The van der Waals surface area contributed by atoms with Crippen LogP contribution in [0.3, 0.4) is 0 Å². The van der Waals surface area contributed by atoms with Crippen LogP contribution in [0.15, 0.2) is 24.3 Å². The summed E-state index contributed by atoms with van der Waals surface area (Å²) in [6, 6.07) is 3.45. The lowest BCUT2D eigenvalue weighted by atomic mass is 9.93. The van der Waals surface area contributed by atoms with Gasteiger partial charge in [0.2, 0.25) is 0 Å². The summed E-state index contributed by atoms with van der Waals surface area (Å²) in [6.07, 6.45) is -1.95. The third-order valence-corrected chi connectivity index (χ3v) is 3.49. The van der Waals surface area contributed by atoms with Crippen molar-refractivity contribution in [3.05, 3.63) is 29.8 Å². The minimum atomic E-state index is -4.45. The van der Waals surface area contributed by atoms with E-state index in [-0.39, 0.29) is 11.7 Å². The molecule has 21 heavy (non-hydrogen) atoms. The van der Waals surface area contributed by atoms with Gasteiger partial charge in [0, 0.05) is 5.69 Å². The summed E-state index contributed by atoms with van der Waals surface area (Å²) >= 11 is 0. The van der Waals surface area contributed by atoms with Crippen LogP contribution in [0, 0.1) is 0 Å². The molecule has 2 amide bonds. The molecule has 2 atom stereocenters. The second-order valence-corrected chi connectivity index (χ2v) is 5.14. The number of carbonyl (C=O) groups is 1. The second kappa shape index (κ2) is 6.34. The van der Waals surface area contributed by atoms with E-state index in [1.54, 1.807) is 0 Å². The normalized spacial score (nSPS) is 22.7. The molecule has 4 nitrogen and oxygen atoms in total. The van der Waals surface area contributed by atoms with Crippen molar-refractivity contribution >= 4 is 11.7 Å². The second-order valence-electron chi connectivity index (χ2n) is 5.14. The number of anilines is 1. The van der Waals surface area contributed by atoms with E-state index in [1.807, 2.05) is 0 Å². The summed E-state index contributed by atoms with van der Waals surface area (Å²) in [4.78, 5) is 11.8. The molecule has 0 unspecified atom stereocenters. The summed E-state index contributed by atoms with van der Waals surface area (Å²) in [5, 5.41) is 14.7. The van der Waals surface area contributed by atoms with Crippen molar-refractivity contribution in [1.82, 2.24) is 5.32 Å². The average molecular weight is 302 g/mol. The van der Waals surface area contributed by atoms with Crippen LogP contribution >= 0.6 is 0 Å². The minimum Gasteiger partial charge on any atom is -0.391 e. The molecule has 1 saturated carbocycles. The summed E-state index contributed by atoms with van der Waals surface area (Å²) in [5.74, 6) is 0. The van der Waals surface area contributed by atoms with Gasteiger partial charge in [-0.2, -0.15) is 13.2 Å². The summed E-state index contributed by atoms with van der Waals surface area (Å²) < 4.78 is 37.7. The fourth-order valence-corrected chi connectivity index (χ4v) is 2.39. The van der Waals surface area contributed by atoms with E-state index >= 15 is 0 Å². The van der Waals surface area contributed by atoms with Crippen molar-refractivity contribution in [3.8, 4) is 0 Å². The standard InChI is InChI=1S/C14H17F3N2O2/c15-14(16,17)9-4-3-5-10(8-9)18-13(21)19-11-6-1-2-7-12(11)20/h3-5,8,11-12,20H,1-2,6-7H2,(H2,18,19,21)/t11-,12+/m0/s1. The Labute approximate surface area is 120 Å². The number of amides is 2. The molecule has 0 radical (unpaired) electrons. The van der Waals surface area contributed by atoms with E-state index in [0.717, 1.165) is 25.0 Å². The maximum absolute atomic E-state index is 12.6. The van der Waals surface area contributed by atoms with Crippen LogP contribution in [-0.2, 0) is 6.18 Å². The van der Waals surface area contributed by atoms with Gasteiger partial charge >= 0.3 is 12.2 Å². The largest absolute Gasteiger partial charge is 0.416 e. The molecule has 1 aliphatic rings. The van der Waals surface area contributed by atoms with E-state index in [1.165, 1.54) is 12.1 Å². The zero-order valence-electron chi connectivity index (χ0n) is 11.3.